The van der Waals surface area contributed by atoms with Crippen LogP contribution in [0.15, 0.2) is 28.8 Å². The van der Waals surface area contributed by atoms with E-state index in [2.05, 4.69) is 55.3 Å². The highest BCUT2D eigenvalue weighted by molar-refractivity contribution is 5.54. The zero-order chi connectivity index (χ0) is 14.5. The van der Waals surface area contributed by atoms with Crippen molar-refractivity contribution in [3.05, 3.63) is 35.7 Å². The van der Waals surface area contributed by atoms with Crippen LogP contribution in [0.1, 0.15) is 44.6 Å². The Bertz CT molecular complexity index is 533. The molecular weight excluding hydrogens is 250 g/mol. The molecule has 1 aromatic carbocycles. The van der Waals surface area contributed by atoms with Crippen molar-refractivity contribution in [2.75, 3.05) is 6.54 Å². The lowest BCUT2D eigenvalue weighted by atomic mass is 10.0. The summed E-state index contributed by atoms with van der Waals surface area (Å²) in [5.41, 5.74) is 2.22. The Hall–Kier alpha value is -1.68. The monoisotopic (exact) mass is 273 g/mol. The van der Waals surface area contributed by atoms with E-state index in [1.165, 1.54) is 5.56 Å². The van der Waals surface area contributed by atoms with Gasteiger partial charge in [0.2, 0.25) is 11.7 Å². The Kier molecular flexibility index (Phi) is 4.90. The smallest absolute Gasteiger partial charge is 0.231 e. The van der Waals surface area contributed by atoms with E-state index in [0.29, 0.717) is 17.8 Å². The summed E-state index contributed by atoms with van der Waals surface area (Å²) in [5, 5.41) is 7.55. The molecule has 2 rings (SSSR count). The van der Waals surface area contributed by atoms with Crippen LogP contribution in [0, 0.1) is 6.92 Å². The van der Waals surface area contributed by atoms with Gasteiger partial charge in [-0.1, -0.05) is 48.8 Å². The van der Waals surface area contributed by atoms with Crippen LogP contribution in [-0.2, 0) is 0 Å². The molecule has 0 aliphatic heterocycles. The fourth-order valence-electron chi connectivity index (χ4n) is 2.00. The highest BCUT2D eigenvalue weighted by atomic mass is 16.5. The average molecular weight is 273 g/mol. The second-order valence-corrected chi connectivity index (χ2v) is 5.35. The Morgan fingerprint density at radius 2 is 1.90 bits per heavy atom. The first-order valence-electron chi connectivity index (χ1n) is 7.25. The van der Waals surface area contributed by atoms with Crippen molar-refractivity contribution in [3.63, 3.8) is 0 Å². The molecular formula is C16H23N3O. The van der Waals surface area contributed by atoms with Gasteiger partial charge < -0.3 is 9.84 Å². The Balaban J connectivity index is 2.10. The first kappa shape index (κ1) is 14.7. The van der Waals surface area contributed by atoms with Crippen molar-refractivity contribution in [1.29, 1.82) is 0 Å². The summed E-state index contributed by atoms with van der Waals surface area (Å²) >= 11 is 0. The minimum absolute atomic E-state index is 0.202. The summed E-state index contributed by atoms with van der Waals surface area (Å²) in [7, 11) is 0. The van der Waals surface area contributed by atoms with E-state index in [4.69, 9.17) is 4.52 Å². The Morgan fingerprint density at radius 3 is 2.55 bits per heavy atom. The lowest BCUT2D eigenvalue weighted by Crippen LogP contribution is -2.31. The molecule has 0 bridgehead atoms. The number of nitrogens with zero attached hydrogens (tertiary/aromatic N) is 2. The van der Waals surface area contributed by atoms with Gasteiger partial charge in [-0.2, -0.15) is 4.98 Å². The number of rotatable bonds is 6. The number of aromatic nitrogens is 2. The fourth-order valence-corrected chi connectivity index (χ4v) is 2.00. The van der Waals surface area contributed by atoms with Crippen molar-refractivity contribution >= 4 is 0 Å². The lowest BCUT2D eigenvalue weighted by Gasteiger charge is -2.17. The zero-order valence-electron chi connectivity index (χ0n) is 12.7. The molecule has 4 heteroatoms. The second kappa shape index (κ2) is 6.66. The molecule has 1 heterocycles. The molecule has 0 spiro atoms. The third-order valence-corrected chi connectivity index (χ3v) is 3.61. The van der Waals surface area contributed by atoms with E-state index in [-0.39, 0.29) is 5.92 Å². The molecule has 0 aliphatic carbocycles. The summed E-state index contributed by atoms with van der Waals surface area (Å²) in [5.74, 6) is 1.56. The topological polar surface area (TPSA) is 51.0 Å². The SMILES string of the molecule is CCCNC(C)C(C)c1nc(-c2ccc(C)cc2)no1. The van der Waals surface area contributed by atoms with Crippen LogP contribution in [0.3, 0.4) is 0 Å². The van der Waals surface area contributed by atoms with Gasteiger partial charge in [-0.3, -0.25) is 0 Å². The molecule has 1 aromatic heterocycles. The van der Waals surface area contributed by atoms with Crippen molar-refractivity contribution in [3.8, 4) is 11.4 Å². The number of hydrogen-bond donors (Lipinski definition) is 1. The summed E-state index contributed by atoms with van der Waals surface area (Å²) in [4.78, 5) is 4.52. The standard InChI is InChI=1S/C16H23N3O/c1-5-10-17-13(4)12(3)16-18-15(19-20-16)14-8-6-11(2)7-9-14/h6-9,12-13,17H,5,10H2,1-4H3. The van der Waals surface area contributed by atoms with E-state index in [9.17, 15) is 0 Å². The molecule has 0 saturated carbocycles. The van der Waals surface area contributed by atoms with Gasteiger partial charge in [-0.05, 0) is 26.8 Å². The van der Waals surface area contributed by atoms with Crippen LogP contribution in [0.5, 0.6) is 0 Å². The first-order valence-corrected chi connectivity index (χ1v) is 7.25. The van der Waals surface area contributed by atoms with Crippen LogP contribution < -0.4 is 5.32 Å². The van der Waals surface area contributed by atoms with Crippen LogP contribution in [0.25, 0.3) is 11.4 Å². The summed E-state index contributed by atoms with van der Waals surface area (Å²) in [6.07, 6.45) is 1.12. The van der Waals surface area contributed by atoms with E-state index < -0.39 is 0 Å². The molecule has 0 saturated heterocycles. The van der Waals surface area contributed by atoms with Gasteiger partial charge in [0.25, 0.3) is 0 Å². The average Bonchev–Trinajstić information content (AvgIpc) is 2.94. The first-order chi connectivity index (χ1) is 9.61. The van der Waals surface area contributed by atoms with E-state index in [0.717, 1.165) is 18.5 Å². The van der Waals surface area contributed by atoms with Gasteiger partial charge >= 0.3 is 0 Å². The van der Waals surface area contributed by atoms with Gasteiger partial charge in [-0.25, -0.2) is 0 Å². The van der Waals surface area contributed by atoms with Crippen LogP contribution in [0.2, 0.25) is 0 Å². The molecule has 0 radical (unpaired) electrons. The molecule has 2 aromatic rings. The minimum Gasteiger partial charge on any atom is -0.339 e. The largest absolute Gasteiger partial charge is 0.339 e. The maximum atomic E-state index is 5.41. The maximum Gasteiger partial charge on any atom is 0.231 e. The van der Waals surface area contributed by atoms with Crippen molar-refractivity contribution in [1.82, 2.24) is 15.5 Å². The predicted molar refractivity (Wildman–Crippen MR) is 80.6 cm³/mol. The van der Waals surface area contributed by atoms with Gasteiger partial charge in [0, 0.05) is 11.6 Å². The molecule has 4 nitrogen and oxygen atoms in total. The number of nitrogens with one attached hydrogen (secondary N) is 1. The third-order valence-electron chi connectivity index (χ3n) is 3.61. The maximum absolute atomic E-state index is 5.41. The Labute approximate surface area is 120 Å². The van der Waals surface area contributed by atoms with Crippen LogP contribution >= 0.6 is 0 Å². The van der Waals surface area contributed by atoms with E-state index >= 15 is 0 Å². The molecule has 0 aliphatic rings. The van der Waals surface area contributed by atoms with Gasteiger partial charge in [0.05, 0.1) is 5.92 Å². The number of benzene rings is 1. The van der Waals surface area contributed by atoms with Crippen molar-refractivity contribution in [2.24, 2.45) is 0 Å². The fraction of sp³-hybridized carbons (Fsp3) is 0.500. The van der Waals surface area contributed by atoms with E-state index in [1.54, 1.807) is 0 Å². The van der Waals surface area contributed by atoms with Crippen molar-refractivity contribution < 1.29 is 4.52 Å². The number of hydrogen-bond acceptors (Lipinski definition) is 4. The molecule has 108 valence electrons. The number of aryl methyl sites for hydroxylation is 1. The Morgan fingerprint density at radius 1 is 1.20 bits per heavy atom. The molecule has 1 N–H and O–H groups in total. The predicted octanol–water partition coefficient (Wildman–Crippen LogP) is 3.54. The third kappa shape index (κ3) is 3.45. The molecule has 20 heavy (non-hydrogen) atoms. The van der Waals surface area contributed by atoms with Crippen LogP contribution in [-0.4, -0.2) is 22.7 Å². The molecule has 2 atom stereocenters. The van der Waals surface area contributed by atoms with Gasteiger partial charge in [-0.15, -0.1) is 0 Å². The van der Waals surface area contributed by atoms with Crippen molar-refractivity contribution in [2.45, 2.75) is 46.1 Å². The van der Waals surface area contributed by atoms with E-state index in [1.807, 2.05) is 12.1 Å². The quantitative estimate of drug-likeness (QED) is 0.874. The van der Waals surface area contributed by atoms with Crippen LogP contribution in [0.4, 0.5) is 0 Å². The highest BCUT2D eigenvalue weighted by Crippen LogP contribution is 2.22. The summed E-state index contributed by atoms with van der Waals surface area (Å²) in [6.45, 7) is 9.49. The molecule has 0 fully saturated rings. The zero-order valence-corrected chi connectivity index (χ0v) is 12.7. The highest BCUT2D eigenvalue weighted by Gasteiger charge is 2.20. The van der Waals surface area contributed by atoms with Gasteiger partial charge in [0.1, 0.15) is 0 Å². The lowest BCUT2D eigenvalue weighted by molar-refractivity contribution is 0.331. The second-order valence-electron chi connectivity index (χ2n) is 5.35. The minimum atomic E-state index is 0.202. The normalized spacial score (nSPS) is 14.2. The summed E-state index contributed by atoms with van der Waals surface area (Å²) < 4.78 is 5.41. The summed E-state index contributed by atoms with van der Waals surface area (Å²) in [6, 6.07) is 8.47. The molecule has 0 amide bonds. The molecule has 2 unspecified atom stereocenters. The van der Waals surface area contributed by atoms with Gasteiger partial charge in [0.15, 0.2) is 0 Å².